The number of pyridine rings is 1. The van der Waals surface area contributed by atoms with Crippen LogP contribution in [0, 0.1) is 0 Å². The molecule has 0 atom stereocenters. The van der Waals surface area contributed by atoms with E-state index in [9.17, 15) is 9.59 Å². The van der Waals surface area contributed by atoms with Crippen molar-refractivity contribution >= 4 is 22.7 Å². The first kappa shape index (κ1) is 23.0. The van der Waals surface area contributed by atoms with Gasteiger partial charge in [0.05, 0.1) is 16.6 Å². The van der Waals surface area contributed by atoms with Crippen molar-refractivity contribution < 1.29 is 14.4 Å². The summed E-state index contributed by atoms with van der Waals surface area (Å²) in [5, 5.41) is 3.95. The summed E-state index contributed by atoms with van der Waals surface area (Å²) in [7, 11) is 0. The van der Waals surface area contributed by atoms with Gasteiger partial charge in [0.1, 0.15) is 19.5 Å². The summed E-state index contributed by atoms with van der Waals surface area (Å²) in [6.07, 6.45) is 4.84. The zero-order valence-corrected chi connectivity index (χ0v) is 18.9. The van der Waals surface area contributed by atoms with Crippen LogP contribution in [0.25, 0.3) is 11.0 Å². The van der Waals surface area contributed by atoms with Crippen molar-refractivity contribution in [2.24, 2.45) is 0 Å². The second-order valence-corrected chi connectivity index (χ2v) is 7.75. The molecule has 8 heteroatoms. The third-order valence-corrected chi connectivity index (χ3v) is 5.25. The fraction of sp³-hybridized carbons (Fsp3) is 0.231. The summed E-state index contributed by atoms with van der Waals surface area (Å²) in [5.74, 6) is -0.377. The number of unbranched alkanes of at least 4 members (excludes halogenated alkanes) is 1. The topological polar surface area (TPSA) is 95.3 Å². The SMILES string of the molecule is CCCCOn1c(=O)cc(NCc2ccc(C(=O)OCc3ccccc3)cc2)c2cncnc21. The molecule has 8 nitrogen and oxygen atoms in total. The van der Waals surface area contributed by atoms with Crippen molar-refractivity contribution in [3.8, 4) is 0 Å². The van der Waals surface area contributed by atoms with Gasteiger partial charge in [0.25, 0.3) is 5.56 Å². The number of hydrogen-bond donors (Lipinski definition) is 1. The van der Waals surface area contributed by atoms with Crippen molar-refractivity contribution in [3.63, 3.8) is 0 Å². The Bertz CT molecular complexity index is 1300. The van der Waals surface area contributed by atoms with Crippen molar-refractivity contribution in [2.75, 3.05) is 11.9 Å². The van der Waals surface area contributed by atoms with Crippen molar-refractivity contribution in [1.29, 1.82) is 0 Å². The predicted molar refractivity (Wildman–Crippen MR) is 129 cm³/mol. The van der Waals surface area contributed by atoms with E-state index in [-0.39, 0.29) is 18.1 Å². The molecule has 0 aliphatic rings. The van der Waals surface area contributed by atoms with E-state index >= 15 is 0 Å². The Labute approximate surface area is 197 Å². The number of aromatic nitrogens is 3. The second kappa shape index (κ2) is 11.1. The number of anilines is 1. The largest absolute Gasteiger partial charge is 0.457 e. The van der Waals surface area contributed by atoms with Crippen LogP contribution in [0.5, 0.6) is 0 Å². The lowest BCUT2D eigenvalue weighted by molar-refractivity contribution is 0.0472. The molecule has 0 fully saturated rings. The van der Waals surface area contributed by atoms with Gasteiger partial charge in [-0.1, -0.05) is 55.8 Å². The first-order valence-corrected chi connectivity index (χ1v) is 11.2. The van der Waals surface area contributed by atoms with Crippen LogP contribution in [-0.2, 0) is 17.9 Å². The normalized spacial score (nSPS) is 10.7. The van der Waals surface area contributed by atoms with Gasteiger partial charge in [0.15, 0.2) is 5.65 Å². The van der Waals surface area contributed by atoms with E-state index < -0.39 is 0 Å². The van der Waals surface area contributed by atoms with Gasteiger partial charge in [-0.25, -0.2) is 14.8 Å². The highest BCUT2D eigenvalue weighted by Crippen LogP contribution is 2.19. The average molecular weight is 459 g/mol. The molecule has 0 radical (unpaired) electrons. The number of fused-ring (bicyclic) bond motifs is 1. The van der Waals surface area contributed by atoms with E-state index in [2.05, 4.69) is 22.2 Å². The van der Waals surface area contributed by atoms with Gasteiger partial charge in [-0.3, -0.25) is 4.79 Å². The highest BCUT2D eigenvalue weighted by Gasteiger charge is 2.12. The number of nitrogens with zero attached hydrogens (tertiary/aromatic N) is 3. The smallest absolute Gasteiger partial charge is 0.338 e. The fourth-order valence-electron chi connectivity index (χ4n) is 3.37. The number of benzene rings is 2. The summed E-state index contributed by atoms with van der Waals surface area (Å²) in [4.78, 5) is 38.9. The minimum absolute atomic E-state index is 0.228. The van der Waals surface area contributed by atoms with Crippen LogP contribution in [0.3, 0.4) is 0 Å². The molecule has 2 aromatic heterocycles. The maximum Gasteiger partial charge on any atom is 0.338 e. The first-order valence-electron chi connectivity index (χ1n) is 11.2. The van der Waals surface area contributed by atoms with Crippen molar-refractivity contribution in [2.45, 2.75) is 32.9 Å². The molecule has 4 aromatic rings. The highest BCUT2D eigenvalue weighted by atomic mass is 16.7. The molecule has 0 spiro atoms. The van der Waals surface area contributed by atoms with E-state index in [1.807, 2.05) is 42.5 Å². The molecule has 0 bridgehead atoms. The van der Waals surface area contributed by atoms with E-state index in [1.54, 1.807) is 18.3 Å². The maximum atomic E-state index is 12.6. The van der Waals surface area contributed by atoms with Crippen LogP contribution in [0.15, 0.2) is 78.0 Å². The van der Waals surface area contributed by atoms with Crippen LogP contribution in [-0.4, -0.2) is 27.3 Å². The number of carbonyl (C=O) groups is 1. The van der Waals surface area contributed by atoms with Crippen molar-refractivity contribution in [3.05, 3.63) is 100 Å². The van der Waals surface area contributed by atoms with Crippen LogP contribution in [0.4, 0.5) is 5.69 Å². The molecule has 4 rings (SSSR count). The van der Waals surface area contributed by atoms with Gasteiger partial charge in [-0.2, -0.15) is 0 Å². The Morgan fingerprint density at radius 3 is 2.62 bits per heavy atom. The highest BCUT2D eigenvalue weighted by molar-refractivity contribution is 5.89. The number of esters is 1. The number of ether oxygens (including phenoxy) is 1. The van der Waals surface area contributed by atoms with E-state index in [0.717, 1.165) is 24.0 Å². The zero-order valence-electron chi connectivity index (χ0n) is 18.9. The number of rotatable bonds is 10. The van der Waals surface area contributed by atoms with Gasteiger partial charge in [-0.15, -0.1) is 4.73 Å². The Balaban J connectivity index is 1.42. The average Bonchev–Trinajstić information content (AvgIpc) is 2.88. The minimum Gasteiger partial charge on any atom is -0.457 e. The quantitative estimate of drug-likeness (QED) is 0.284. The molecule has 0 unspecified atom stereocenters. The summed E-state index contributed by atoms with van der Waals surface area (Å²) in [5.41, 5.74) is 3.07. The Morgan fingerprint density at radius 1 is 1.06 bits per heavy atom. The standard InChI is InChI=1S/C26H26N4O4/c1-2-3-13-34-30-24(31)14-23(22-16-27-18-29-25(22)30)28-15-19-9-11-21(12-10-19)26(32)33-17-20-7-5-4-6-8-20/h4-12,14,16,18,28H,2-3,13,15,17H2,1H3. The lowest BCUT2D eigenvalue weighted by Crippen LogP contribution is -2.28. The third kappa shape index (κ3) is 5.58. The Morgan fingerprint density at radius 2 is 1.85 bits per heavy atom. The number of carbonyl (C=O) groups excluding carboxylic acids is 1. The molecular formula is C26H26N4O4. The van der Waals surface area contributed by atoms with Gasteiger partial charge >= 0.3 is 5.97 Å². The Hall–Kier alpha value is -4.20. The molecule has 174 valence electrons. The van der Waals surface area contributed by atoms with Crippen molar-refractivity contribution in [1.82, 2.24) is 14.7 Å². The molecule has 2 heterocycles. The molecule has 0 amide bonds. The summed E-state index contributed by atoms with van der Waals surface area (Å²) < 4.78 is 6.59. The summed E-state index contributed by atoms with van der Waals surface area (Å²) in [6.45, 7) is 3.16. The molecule has 1 N–H and O–H groups in total. The van der Waals surface area contributed by atoms with Gasteiger partial charge in [0, 0.05) is 18.8 Å². The fourth-order valence-corrected chi connectivity index (χ4v) is 3.37. The zero-order chi connectivity index (χ0) is 23.8. The summed E-state index contributed by atoms with van der Waals surface area (Å²) >= 11 is 0. The Kier molecular flexibility index (Phi) is 7.49. The maximum absolute atomic E-state index is 12.6. The molecule has 34 heavy (non-hydrogen) atoms. The monoisotopic (exact) mass is 458 g/mol. The minimum atomic E-state index is -0.377. The van der Waals surface area contributed by atoms with Crippen LogP contribution >= 0.6 is 0 Å². The third-order valence-electron chi connectivity index (χ3n) is 5.25. The van der Waals surface area contributed by atoms with Crippen LogP contribution in [0.2, 0.25) is 0 Å². The van der Waals surface area contributed by atoms with Gasteiger partial charge in [-0.05, 0) is 29.7 Å². The molecule has 0 saturated carbocycles. The molecule has 0 saturated heterocycles. The van der Waals surface area contributed by atoms with E-state index in [0.29, 0.717) is 35.4 Å². The summed E-state index contributed by atoms with van der Waals surface area (Å²) in [6, 6.07) is 18.2. The first-order chi connectivity index (χ1) is 16.7. The lowest BCUT2D eigenvalue weighted by atomic mass is 10.1. The van der Waals surface area contributed by atoms with Gasteiger partial charge < -0.3 is 14.9 Å². The lowest BCUT2D eigenvalue weighted by Gasteiger charge is -2.14. The number of nitrogens with one attached hydrogen (secondary N) is 1. The molecule has 2 aromatic carbocycles. The van der Waals surface area contributed by atoms with Crippen LogP contribution in [0.1, 0.15) is 41.3 Å². The second-order valence-electron chi connectivity index (χ2n) is 7.75. The predicted octanol–water partition coefficient (Wildman–Crippen LogP) is 3.99. The van der Waals surface area contributed by atoms with E-state index in [4.69, 9.17) is 9.57 Å². The molecule has 0 aliphatic heterocycles. The number of hydrogen-bond acceptors (Lipinski definition) is 7. The molecule has 0 aliphatic carbocycles. The van der Waals surface area contributed by atoms with Crippen LogP contribution < -0.4 is 15.7 Å². The van der Waals surface area contributed by atoms with E-state index in [1.165, 1.54) is 17.1 Å². The molecular weight excluding hydrogens is 432 g/mol. The van der Waals surface area contributed by atoms with Gasteiger partial charge in [0.2, 0.25) is 0 Å².